The van der Waals surface area contributed by atoms with Crippen molar-refractivity contribution in [3.63, 3.8) is 0 Å². The van der Waals surface area contributed by atoms with Crippen LogP contribution in [0.2, 0.25) is 0 Å². The highest BCUT2D eigenvalue weighted by Gasteiger charge is 2.48. The fourth-order valence-corrected chi connectivity index (χ4v) is 7.22. The van der Waals surface area contributed by atoms with Crippen molar-refractivity contribution >= 4 is 32.7 Å². The molecule has 0 unspecified atom stereocenters. The second kappa shape index (κ2) is 7.74. The number of benzene rings is 1. The summed E-state index contributed by atoms with van der Waals surface area (Å²) in [5.74, 6) is 0.159. The van der Waals surface area contributed by atoms with Gasteiger partial charge in [0, 0.05) is 18.2 Å². The maximum Gasteiger partial charge on any atom is 0.248 e. The number of rotatable bonds is 6. The fourth-order valence-electron chi connectivity index (χ4n) is 3.24. The molecule has 2 fully saturated rings. The molecule has 0 saturated carbocycles. The molecule has 2 aliphatic rings. The van der Waals surface area contributed by atoms with Crippen LogP contribution >= 0.6 is 11.8 Å². The van der Waals surface area contributed by atoms with Gasteiger partial charge in [-0.15, -0.1) is 6.58 Å². The quantitative estimate of drug-likeness (QED) is 0.711. The van der Waals surface area contributed by atoms with Crippen molar-refractivity contribution in [3.05, 3.63) is 48.6 Å². The first kappa shape index (κ1) is 18.2. The lowest BCUT2D eigenvalue weighted by Gasteiger charge is -2.22. The van der Waals surface area contributed by atoms with Gasteiger partial charge in [0.25, 0.3) is 0 Å². The third-order valence-corrected chi connectivity index (χ3v) is 7.67. The predicted molar refractivity (Wildman–Crippen MR) is 103 cm³/mol. The Hall–Kier alpha value is -1.60. The van der Waals surface area contributed by atoms with Crippen LogP contribution in [0.5, 0.6) is 0 Å². The lowest BCUT2D eigenvalue weighted by atomic mass is 10.1. The average Bonchev–Trinajstić information content (AvgIpc) is 3.01. The van der Waals surface area contributed by atoms with E-state index >= 15 is 0 Å². The molecule has 0 spiro atoms. The van der Waals surface area contributed by atoms with E-state index in [1.807, 2.05) is 23.1 Å². The third kappa shape index (κ3) is 4.52. The number of amidine groups is 1. The Bertz CT molecular complexity index is 775. The van der Waals surface area contributed by atoms with Crippen LogP contribution in [-0.4, -0.2) is 53.7 Å². The highest BCUT2D eigenvalue weighted by molar-refractivity contribution is 8.15. The molecule has 0 radical (unpaired) electrons. The summed E-state index contributed by atoms with van der Waals surface area (Å²) in [7, 11) is -2.99. The highest BCUT2D eigenvalue weighted by atomic mass is 32.2. The zero-order chi connectivity index (χ0) is 17.9. The summed E-state index contributed by atoms with van der Waals surface area (Å²) in [5, 5.41) is 0.621. The molecule has 1 aromatic carbocycles. The van der Waals surface area contributed by atoms with Crippen LogP contribution in [-0.2, 0) is 21.1 Å². The van der Waals surface area contributed by atoms with Crippen molar-refractivity contribution < 1.29 is 13.2 Å². The Kier molecular flexibility index (Phi) is 5.64. The van der Waals surface area contributed by atoms with Crippen LogP contribution in [0.15, 0.2) is 48.0 Å². The molecule has 0 aromatic heterocycles. The molecule has 25 heavy (non-hydrogen) atoms. The molecule has 2 aliphatic heterocycles. The lowest BCUT2D eigenvalue weighted by Crippen LogP contribution is -2.37. The van der Waals surface area contributed by atoms with Crippen molar-refractivity contribution in [2.45, 2.75) is 30.6 Å². The molecule has 5 nitrogen and oxygen atoms in total. The van der Waals surface area contributed by atoms with Crippen LogP contribution < -0.4 is 0 Å². The number of hydrogen-bond donors (Lipinski definition) is 0. The monoisotopic (exact) mass is 378 g/mol. The zero-order valence-corrected chi connectivity index (χ0v) is 15.6. The van der Waals surface area contributed by atoms with Crippen LogP contribution in [0, 0.1) is 0 Å². The molecule has 1 amide bonds. The Morgan fingerprint density at radius 3 is 2.80 bits per heavy atom. The number of carbonyl (C=O) groups is 1. The van der Waals surface area contributed by atoms with Crippen LogP contribution in [0.1, 0.15) is 18.4 Å². The SMILES string of the molecule is C=CCN1C(=NC(=O)CCCc2ccccc2)S[C@H]2CS(=O)(=O)C[C@H]21. The molecule has 0 N–H and O–H groups in total. The van der Waals surface area contributed by atoms with Crippen molar-refractivity contribution in [3.8, 4) is 0 Å². The summed E-state index contributed by atoms with van der Waals surface area (Å²) in [6, 6.07) is 9.97. The maximum absolute atomic E-state index is 12.2. The molecule has 2 heterocycles. The van der Waals surface area contributed by atoms with Gasteiger partial charge in [-0.2, -0.15) is 4.99 Å². The molecular formula is C18H22N2O3S2. The molecule has 3 rings (SSSR count). The van der Waals surface area contributed by atoms with Crippen molar-refractivity contribution in [2.75, 3.05) is 18.1 Å². The van der Waals surface area contributed by atoms with E-state index in [-0.39, 0.29) is 28.7 Å². The minimum absolute atomic E-state index is 0.0270. The largest absolute Gasteiger partial charge is 0.342 e. The van der Waals surface area contributed by atoms with E-state index in [1.54, 1.807) is 6.08 Å². The van der Waals surface area contributed by atoms with E-state index in [9.17, 15) is 13.2 Å². The molecular weight excluding hydrogens is 356 g/mol. The normalized spacial score (nSPS) is 25.9. The number of nitrogens with zero attached hydrogens (tertiary/aromatic N) is 2. The summed E-state index contributed by atoms with van der Waals surface area (Å²) in [6.07, 6.45) is 3.73. The van der Waals surface area contributed by atoms with Crippen LogP contribution in [0.4, 0.5) is 0 Å². The summed E-state index contributed by atoms with van der Waals surface area (Å²) >= 11 is 1.42. The van der Waals surface area contributed by atoms with Gasteiger partial charge >= 0.3 is 0 Å². The van der Waals surface area contributed by atoms with E-state index in [2.05, 4.69) is 23.7 Å². The van der Waals surface area contributed by atoms with Gasteiger partial charge in [-0.3, -0.25) is 4.79 Å². The second-order valence-corrected chi connectivity index (χ2v) is 9.73. The number of hydrogen-bond acceptors (Lipinski definition) is 4. The smallest absolute Gasteiger partial charge is 0.248 e. The van der Waals surface area contributed by atoms with E-state index in [4.69, 9.17) is 0 Å². The number of aryl methyl sites for hydroxylation is 1. The number of amides is 1. The minimum Gasteiger partial charge on any atom is -0.342 e. The van der Waals surface area contributed by atoms with Gasteiger partial charge in [0.2, 0.25) is 5.91 Å². The van der Waals surface area contributed by atoms with Gasteiger partial charge in [0.05, 0.1) is 17.5 Å². The lowest BCUT2D eigenvalue weighted by molar-refractivity contribution is -0.117. The number of carbonyl (C=O) groups excluding carboxylic acids is 1. The Morgan fingerprint density at radius 2 is 2.08 bits per heavy atom. The molecule has 134 valence electrons. The molecule has 2 saturated heterocycles. The maximum atomic E-state index is 12.2. The van der Waals surface area contributed by atoms with Crippen molar-refractivity contribution in [1.82, 2.24) is 4.90 Å². The molecule has 0 aliphatic carbocycles. The molecule has 0 bridgehead atoms. The first-order valence-corrected chi connectivity index (χ1v) is 11.1. The number of fused-ring (bicyclic) bond motifs is 1. The second-order valence-electron chi connectivity index (χ2n) is 6.37. The van der Waals surface area contributed by atoms with Crippen LogP contribution in [0.3, 0.4) is 0 Å². The molecule has 1 aromatic rings. The van der Waals surface area contributed by atoms with Gasteiger partial charge in [-0.05, 0) is 18.4 Å². The Balaban J connectivity index is 1.60. The topological polar surface area (TPSA) is 66.8 Å². The van der Waals surface area contributed by atoms with E-state index < -0.39 is 9.84 Å². The Labute approximate surface area is 153 Å². The first-order chi connectivity index (χ1) is 12.0. The Morgan fingerprint density at radius 1 is 1.32 bits per heavy atom. The van der Waals surface area contributed by atoms with Crippen molar-refractivity contribution in [1.29, 1.82) is 0 Å². The fraction of sp³-hybridized carbons (Fsp3) is 0.444. The minimum atomic E-state index is -2.99. The predicted octanol–water partition coefficient (Wildman–Crippen LogP) is 2.29. The first-order valence-electron chi connectivity index (χ1n) is 8.38. The van der Waals surface area contributed by atoms with Gasteiger partial charge < -0.3 is 4.90 Å². The number of aliphatic imine (C=N–C) groups is 1. The third-order valence-electron chi connectivity index (χ3n) is 4.42. The van der Waals surface area contributed by atoms with Crippen LogP contribution in [0.25, 0.3) is 0 Å². The summed E-state index contributed by atoms with van der Waals surface area (Å²) in [4.78, 5) is 18.4. The molecule has 7 heteroatoms. The van der Waals surface area contributed by atoms with Gasteiger partial charge in [0.1, 0.15) is 0 Å². The van der Waals surface area contributed by atoms with E-state index in [1.165, 1.54) is 17.3 Å². The average molecular weight is 379 g/mol. The summed E-state index contributed by atoms with van der Waals surface area (Å²) < 4.78 is 23.7. The molecule has 2 atom stereocenters. The van der Waals surface area contributed by atoms with Gasteiger partial charge in [-0.25, -0.2) is 8.42 Å². The van der Waals surface area contributed by atoms with E-state index in [0.717, 1.165) is 12.8 Å². The van der Waals surface area contributed by atoms with Gasteiger partial charge in [0.15, 0.2) is 15.0 Å². The number of thioether (sulfide) groups is 1. The standard InChI is InChI=1S/C18H22N2O3S2/c1-2-11-20-15-12-25(22,23)13-16(15)24-18(20)19-17(21)10-6-9-14-7-4-3-5-8-14/h2-5,7-8,15-16H,1,6,9-13H2/t15-,16+/m1/s1. The zero-order valence-electron chi connectivity index (χ0n) is 14.0. The van der Waals surface area contributed by atoms with E-state index in [0.29, 0.717) is 18.1 Å². The number of sulfone groups is 1. The summed E-state index contributed by atoms with van der Waals surface area (Å²) in [6.45, 7) is 4.24. The van der Waals surface area contributed by atoms with Crippen molar-refractivity contribution in [2.24, 2.45) is 4.99 Å². The highest BCUT2D eigenvalue weighted by Crippen LogP contribution is 2.38. The van der Waals surface area contributed by atoms with Gasteiger partial charge in [-0.1, -0.05) is 48.2 Å². The summed E-state index contributed by atoms with van der Waals surface area (Å²) in [5.41, 5.74) is 1.21.